The van der Waals surface area contributed by atoms with Gasteiger partial charge in [-0.2, -0.15) is 0 Å². The van der Waals surface area contributed by atoms with Crippen LogP contribution in [0, 0.1) is 0 Å². The summed E-state index contributed by atoms with van der Waals surface area (Å²) in [6.45, 7) is 0.848. The van der Waals surface area contributed by atoms with Crippen LogP contribution in [0.5, 0.6) is 0 Å². The van der Waals surface area contributed by atoms with E-state index in [2.05, 4.69) is 15.6 Å². The molecule has 0 radical (unpaired) electrons. The highest BCUT2D eigenvalue weighted by atomic mass is 35.5. The number of hydrogen-bond acceptors (Lipinski definition) is 2. The molecule has 3 nitrogen and oxygen atoms in total. The Balaban J connectivity index is 0.00000120. The first-order valence-electron chi connectivity index (χ1n) is 5.56. The first-order valence-corrected chi connectivity index (χ1v) is 5.56. The third-order valence-corrected chi connectivity index (χ3v) is 2.80. The van der Waals surface area contributed by atoms with Gasteiger partial charge in [-0.15, -0.1) is 12.4 Å². The molecule has 0 spiro atoms. The Labute approximate surface area is 112 Å². The summed E-state index contributed by atoms with van der Waals surface area (Å²) in [5, 5.41) is 1.13. The molecule has 0 saturated heterocycles. The van der Waals surface area contributed by atoms with Crippen LogP contribution in [-0.2, 0) is 6.54 Å². The molecule has 2 N–H and O–H groups in total. The maximum absolute atomic E-state index is 5.73. The van der Waals surface area contributed by atoms with E-state index in [4.69, 9.17) is 5.73 Å². The van der Waals surface area contributed by atoms with Crippen molar-refractivity contribution >= 4 is 29.0 Å². The van der Waals surface area contributed by atoms with E-state index in [1.54, 1.807) is 0 Å². The normalized spacial score (nSPS) is 10.2. The molecule has 1 aromatic carbocycles. The molecule has 0 bridgehead atoms. The third-order valence-electron chi connectivity index (χ3n) is 2.80. The SMILES string of the molecule is Cl.Nc1ccc2cc(Cn3cccc3)cnc2c1. The predicted octanol–water partition coefficient (Wildman–Crippen LogP) is 3.09. The molecule has 92 valence electrons. The third kappa shape index (κ3) is 2.46. The summed E-state index contributed by atoms with van der Waals surface area (Å²) in [7, 11) is 0. The van der Waals surface area contributed by atoms with Gasteiger partial charge in [0, 0.05) is 36.2 Å². The Hall–Kier alpha value is -2.00. The Bertz CT molecular complexity index is 647. The van der Waals surface area contributed by atoms with Crippen molar-refractivity contribution in [3.05, 3.63) is 60.6 Å². The van der Waals surface area contributed by atoms with Gasteiger partial charge in [0.25, 0.3) is 0 Å². The molecule has 2 heterocycles. The van der Waals surface area contributed by atoms with Crippen molar-refractivity contribution in [1.29, 1.82) is 0 Å². The van der Waals surface area contributed by atoms with E-state index in [0.29, 0.717) is 0 Å². The van der Waals surface area contributed by atoms with Crippen molar-refractivity contribution < 1.29 is 0 Å². The fraction of sp³-hybridized carbons (Fsp3) is 0.0714. The van der Waals surface area contributed by atoms with E-state index in [-0.39, 0.29) is 12.4 Å². The van der Waals surface area contributed by atoms with E-state index < -0.39 is 0 Å². The molecule has 18 heavy (non-hydrogen) atoms. The lowest BCUT2D eigenvalue weighted by molar-refractivity contribution is 0.804. The quantitative estimate of drug-likeness (QED) is 0.719. The summed E-state index contributed by atoms with van der Waals surface area (Å²) in [6.07, 6.45) is 6.00. The second-order valence-corrected chi connectivity index (χ2v) is 4.15. The maximum atomic E-state index is 5.73. The zero-order valence-electron chi connectivity index (χ0n) is 9.78. The fourth-order valence-electron chi connectivity index (χ4n) is 1.96. The first-order chi connectivity index (χ1) is 8.31. The first kappa shape index (κ1) is 12.5. The zero-order valence-corrected chi connectivity index (χ0v) is 10.6. The molecule has 3 aromatic rings. The molecular formula is C14H14ClN3. The smallest absolute Gasteiger partial charge is 0.0722 e. The van der Waals surface area contributed by atoms with Crippen LogP contribution in [0.3, 0.4) is 0 Å². The molecule has 0 aliphatic rings. The van der Waals surface area contributed by atoms with Crippen LogP contribution in [0.15, 0.2) is 55.0 Å². The van der Waals surface area contributed by atoms with Crippen molar-refractivity contribution in [2.24, 2.45) is 0 Å². The number of nitrogens with zero attached hydrogens (tertiary/aromatic N) is 2. The van der Waals surface area contributed by atoms with E-state index >= 15 is 0 Å². The molecule has 3 rings (SSSR count). The number of anilines is 1. The van der Waals surface area contributed by atoms with Gasteiger partial charge < -0.3 is 10.3 Å². The predicted molar refractivity (Wildman–Crippen MR) is 76.9 cm³/mol. The van der Waals surface area contributed by atoms with Gasteiger partial charge in [0.1, 0.15) is 0 Å². The monoisotopic (exact) mass is 259 g/mol. The second-order valence-electron chi connectivity index (χ2n) is 4.15. The molecular weight excluding hydrogens is 246 g/mol. The van der Waals surface area contributed by atoms with Gasteiger partial charge in [0.2, 0.25) is 0 Å². The number of rotatable bonds is 2. The molecule has 0 fully saturated rings. The highest BCUT2D eigenvalue weighted by Crippen LogP contribution is 2.17. The number of halogens is 1. The van der Waals surface area contributed by atoms with Gasteiger partial charge in [-0.3, -0.25) is 4.98 Å². The van der Waals surface area contributed by atoms with Gasteiger partial charge in [0.05, 0.1) is 5.52 Å². The highest BCUT2D eigenvalue weighted by Gasteiger charge is 1.99. The standard InChI is InChI=1S/C14H13N3.ClH/c15-13-4-3-12-7-11(9-16-14(12)8-13)10-17-5-1-2-6-17;/h1-9H,10,15H2;1H. The summed E-state index contributed by atoms with van der Waals surface area (Å²) >= 11 is 0. The Morgan fingerprint density at radius 3 is 2.67 bits per heavy atom. The lowest BCUT2D eigenvalue weighted by Gasteiger charge is -2.05. The molecule has 0 amide bonds. The Morgan fingerprint density at radius 2 is 1.89 bits per heavy atom. The largest absolute Gasteiger partial charge is 0.399 e. The van der Waals surface area contributed by atoms with E-state index in [0.717, 1.165) is 23.1 Å². The lowest BCUT2D eigenvalue weighted by atomic mass is 10.1. The van der Waals surface area contributed by atoms with E-state index in [1.165, 1.54) is 5.56 Å². The molecule has 0 unspecified atom stereocenters. The topological polar surface area (TPSA) is 43.8 Å². The van der Waals surface area contributed by atoms with Gasteiger partial charge in [-0.25, -0.2) is 0 Å². The summed E-state index contributed by atoms with van der Waals surface area (Å²) in [5.74, 6) is 0. The van der Waals surface area contributed by atoms with Crippen LogP contribution in [0.2, 0.25) is 0 Å². The second kappa shape index (κ2) is 5.10. The zero-order chi connectivity index (χ0) is 11.7. The molecule has 2 aromatic heterocycles. The minimum absolute atomic E-state index is 0. The number of aromatic nitrogens is 2. The van der Waals surface area contributed by atoms with Gasteiger partial charge in [-0.1, -0.05) is 6.07 Å². The number of nitrogens with two attached hydrogens (primary N) is 1. The number of fused-ring (bicyclic) bond motifs is 1. The maximum Gasteiger partial charge on any atom is 0.0722 e. The molecule has 0 aliphatic carbocycles. The Morgan fingerprint density at radius 1 is 1.11 bits per heavy atom. The van der Waals surface area contributed by atoms with Crippen LogP contribution < -0.4 is 5.73 Å². The summed E-state index contributed by atoms with van der Waals surface area (Å²) in [5.41, 5.74) is 8.62. The number of pyridine rings is 1. The van der Waals surface area contributed by atoms with Crippen LogP contribution in [0.25, 0.3) is 10.9 Å². The van der Waals surface area contributed by atoms with Gasteiger partial charge in [0.15, 0.2) is 0 Å². The number of hydrogen-bond donors (Lipinski definition) is 1. The molecule has 0 saturated carbocycles. The molecule has 0 aliphatic heterocycles. The highest BCUT2D eigenvalue weighted by molar-refractivity contribution is 5.85. The lowest BCUT2D eigenvalue weighted by Crippen LogP contribution is -1.97. The molecule has 0 atom stereocenters. The average molecular weight is 260 g/mol. The summed E-state index contributed by atoms with van der Waals surface area (Å²) < 4.78 is 2.13. The van der Waals surface area contributed by atoms with Crippen molar-refractivity contribution in [1.82, 2.24) is 9.55 Å². The summed E-state index contributed by atoms with van der Waals surface area (Å²) in [6, 6.07) is 12.0. The fourth-order valence-corrected chi connectivity index (χ4v) is 1.96. The number of benzene rings is 1. The van der Waals surface area contributed by atoms with Crippen molar-refractivity contribution in [3.63, 3.8) is 0 Å². The van der Waals surface area contributed by atoms with Crippen LogP contribution >= 0.6 is 12.4 Å². The van der Waals surface area contributed by atoms with Crippen molar-refractivity contribution in [2.75, 3.05) is 5.73 Å². The summed E-state index contributed by atoms with van der Waals surface area (Å²) in [4.78, 5) is 4.43. The average Bonchev–Trinajstić information content (AvgIpc) is 2.82. The minimum Gasteiger partial charge on any atom is -0.399 e. The van der Waals surface area contributed by atoms with Crippen molar-refractivity contribution in [2.45, 2.75) is 6.54 Å². The molecule has 4 heteroatoms. The van der Waals surface area contributed by atoms with Crippen LogP contribution in [-0.4, -0.2) is 9.55 Å². The van der Waals surface area contributed by atoms with Crippen LogP contribution in [0.1, 0.15) is 5.56 Å². The van der Waals surface area contributed by atoms with Crippen molar-refractivity contribution in [3.8, 4) is 0 Å². The van der Waals surface area contributed by atoms with E-state index in [1.807, 2.05) is 48.9 Å². The Kier molecular flexibility index (Phi) is 3.53. The minimum atomic E-state index is 0. The van der Waals surface area contributed by atoms with E-state index in [9.17, 15) is 0 Å². The van der Waals surface area contributed by atoms with Gasteiger partial charge >= 0.3 is 0 Å². The number of nitrogen functional groups attached to an aromatic ring is 1. The van der Waals surface area contributed by atoms with Crippen LogP contribution in [0.4, 0.5) is 5.69 Å². The van der Waals surface area contributed by atoms with Gasteiger partial charge in [-0.05, 0) is 35.9 Å².